The highest BCUT2D eigenvalue weighted by Crippen LogP contribution is 2.25. The lowest BCUT2D eigenvalue weighted by molar-refractivity contribution is -0.123. The Labute approximate surface area is 194 Å². The van der Waals surface area contributed by atoms with E-state index in [0.29, 0.717) is 22.1 Å². The molecule has 0 bridgehead atoms. The number of hydrogen-bond acceptors (Lipinski definition) is 6. The number of ether oxygens (including phenoxy) is 3. The van der Waals surface area contributed by atoms with Gasteiger partial charge in [0.1, 0.15) is 5.75 Å². The molecule has 0 heterocycles. The number of nitrogens with zero attached hydrogens (tertiary/aromatic N) is 1. The van der Waals surface area contributed by atoms with Crippen molar-refractivity contribution in [2.24, 2.45) is 5.10 Å². The molecule has 1 N–H and O–H groups in total. The molecule has 0 aliphatic rings. The monoisotopic (exact) mass is 472 g/mol. The summed E-state index contributed by atoms with van der Waals surface area (Å²) in [4.78, 5) is 24.3. The summed E-state index contributed by atoms with van der Waals surface area (Å²) >= 11 is 11.9. The van der Waals surface area contributed by atoms with E-state index in [9.17, 15) is 9.59 Å². The Hall–Kier alpha value is -3.55. The maximum atomic E-state index is 12.3. The van der Waals surface area contributed by atoms with Gasteiger partial charge in [-0.1, -0.05) is 47.5 Å². The molecule has 0 aliphatic heterocycles. The van der Waals surface area contributed by atoms with Crippen LogP contribution >= 0.6 is 23.2 Å². The molecule has 0 unspecified atom stereocenters. The van der Waals surface area contributed by atoms with Gasteiger partial charge in [0.15, 0.2) is 18.1 Å². The van der Waals surface area contributed by atoms with Crippen LogP contribution in [-0.2, 0) is 4.79 Å². The molecule has 0 saturated heterocycles. The zero-order valence-electron chi connectivity index (χ0n) is 16.9. The normalized spacial score (nSPS) is 10.6. The van der Waals surface area contributed by atoms with Gasteiger partial charge in [0.25, 0.3) is 5.91 Å². The summed E-state index contributed by atoms with van der Waals surface area (Å²) in [6.45, 7) is -0.239. The molecule has 3 aromatic carbocycles. The van der Waals surface area contributed by atoms with Crippen molar-refractivity contribution in [3.8, 4) is 17.2 Å². The van der Waals surface area contributed by atoms with Gasteiger partial charge >= 0.3 is 5.97 Å². The van der Waals surface area contributed by atoms with Gasteiger partial charge in [0.2, 0.25) is 0 Å². The molecule has 0 spiro atoms. The molecule has 1 amide bonds. The highest BCUT2D eigenvalue weighted by Gasteiger charge is 2.13. The summed E-state index contributed by atoms with van der Waals surface area (Å²) in [6, 6.07) is 18.1. The van der Waals surface area contributed by atoms with Crippen LogP contribution in [0.15, 0.2) is 71.8 Å². The molecule has 3 aromatic rings. The third kappa shape index (κ3) is 6.47. The topological polar surface area (TPSA) is 86.2 Å². The Morgan fingerprint density at radius 2 is 1.78 bits per heavy atom. The largest absolute Gasteiger partial charge is 0.493 e. The number of para-hydroxylation sites is 2. The number of hydrazone groups is 1. The number of esters is 1. The fourth-order valence-corrected chi connectivity index (χ4v) is 3.05. The Kier molecular flexibility index (Phi) is 8.08. The zero-order chi connectivity index (χ0) is 22.9. The minimum absolute atomic E-state index is 0.192. The second-order valence-corrected chi connectivity index (χ2v) is 7.16. The predicted octanol–water partition coefficient (Wildman–Crippen LogP) is 4.75. The number of hydrogen-bond donors (Lipinski definition) is 1. The fraction of sp³-hybridized carbons (Fsp3) is 0.0870. The third-order valence-corrected chi connectivity index (χ3v) is 4.60. The molecule has 3 rings (SSSR count). The summed E-state index contributed by atoms with van der Waals surface area (Å²) in [5.74, 6) is 0.185. The van der Waals surface area contributed by atoms with Crippen LogP contribution in [0, 0.1) is 0 Å². The van der Waals surface area contributed by atoms with Gasteiger partial charge in [-0.25, -0.2) is 10.2 Å². The summed E-state index contributed by atoms with van der Waals surface area (Å²) in [6.07, 6.45) is 1.41. The second kappa shape index (κ2) is 11.2. The number of carbonyl (C=O) groups is 2. The van der Waals surface area contributed by atoms with Crippen molar-refractivity contribution in [3.63, 3.8) is 0 Å². The van der Waals surface area contributed by atoms with Gasteiger partial charge < -0.3 is 14.2 Å². The van der Waals surface area contributed by atoms with E-state index in [1.807, 2.05) is 0 Å². The van der Waals surface area contributed by atoms with Crippen LogP contribution in [-0.4, -0.2) is 31.8 Å². The Balaban J connectivity index is 1.54. The summed E-state index contributed by atoms with van der Waals surface area (Å²) in [7, 11) is 1.52. The smallest absolute Gasteiger partial charge is 0.345 e. The van der Waals surface area contributed by atoms with E-state index in [4.69, 9.17) is 37.4 Å². The molecule has 9 heteroatoms. The van der Waals surface area contributed by atoms with Crippen molar-refractivity contribution < 1.29 is 23.8 Å². The van der Waals surface area contributed by atoms with E-state index in [0.717, 1.165) is 0 Å². The molecular formula is C23H18Cl2N2O5. The number of halogens is 2. The van der Waals surface area contributed by atoms with E-state index in [1.165, 1.54) is 25.5 Å². The van der Waals surface area contributed by atoms with Gasteiger partial charge in [0.05, 0.1) is 23.9 Å². The lowest BCUT2D eigenvalue weighted by Crippen LogP contribution is -2.24. The molecular weight excluding hydrogens is 455 g/mol. The highest BCUT2D eigenvalue weighted by molar-refractivity contribution is 6.36. The molecule has 0 fully saturated rings. The first-order valence-electron chi connectivity index (χ1n) is 9.31. The first-order valence-corrected chi connectivity index (χ1v) is 10.1. The van der Waals surface area contributed by atoms with Crippen molar-refractivity contribution in [3.05, 3.63) is 87.9 Å². The van der Waals surface area contributed by atoms with E-state index in [-0.39, 0.29) is 22.9 Å². The molecule has 0 aromatic heterocycles. The fourth-order valence-electron chi connectivity index (χ4n) is 2.57. The van der Waals surface area contributed by atoms with Crippen LogP contribution in [0.2, 0.25) is 10.0 Å². The maximum Gasteiger partial charge on any atom is 0.345 e. The van der Waals surface area contributed by atoms with Gasteiger partial charge in [-0.15, -0.1) is 0 Å². The summed E-state index contributed by atoms with van der Waals surface area (Å²) in [5, 5.41) is 4.50. The van der Waals surface area contributed by atoms with Crippen LogP contribution in [0.1, 0.15) is 15.9 Å². The van der Waals surface area contributed by atoms with Crippen molar-refractivity contribution in [2.45, 2.75) is 0 Å². The minimum Gasteiger partial charge on any atom is -0.493 e. The first-order chi connectivity index (χ1) is 15.5. The highest BCUT2D eigenvalue weighted by atomic mass is 35.5. The van der Waals surface area contributed by atoms with Crippen LogP contribution in [0.4, 0.5) is 0 Å². The number of rotatable bonds is 8. The molecule has 164 valence electrons. The van der Waals surface area contributed by atoms with E-state index in [2.05, 4.69) is 10.5 Å². The van der Waals surface area contributed by atoms with E-state index < -0.39 is 11.9 Å². The molecule has 0 atom stereocenters. The maximum absolute atomic E-state index is 12.3. The molecule has 32 heavy (non-hydrogen) atoms. The Morgan fingerprint density at radius 1 is 1.00 bits per heavy atom. The Bertz CT molecular complexity index is 1150. The van der Waals surface area contributed by atoms with Crippen LogP contribution < -0.4 is 19.6 Å². The van der Waals surface area contributed by atoms with Crippen LogP contribution in [0.25, 0.3) is 0 Å². The lowest BCUT2D eigenvalue weighted by atomic mass is 10.2. The predicted molar refractivity (Wildman–Crippen MR) is 122 cm³/mol. The SMILES string of the molecule is COc1ccccc1OCC(=O)N/N=C\c1cccc(OC(=O)c2ccc(Cl)cc2Cl)c1. The van der Waals surface area contributed by atoms with Crippen molar-refractivity contribution >= 4 is 41.3 Å². The second-order valence-electron chi connectivity index (χ2n) is 6.32. The quantitative estimate of drug-likeness (QED) is 0.221. The first kappa shape index (κ1) is 23.1. The van der Waals surface area contributed by atoms with Crippen LogP contribution in [0.3, 0.4) is 0 Å². The summed E-state index contributed by atoms with van der Waals surface area (Å²) < 4.78 is 15.9. The van der Waals surface area contributed by atoms with Gasteiger partial charge in [0, 0.05) is 5.02 Å². The standard InChI is InChI=1S/C23H18Cl2N2O5/c1-30-20-7-2-3-8-21(20)31-14-22(28)27-26-13-15-5-4-6-17(11-15)32-23(29)18-10-9-16(24)12-19(18)25/h2-13H,14H2,1H3,(H,27,28)/b26-13-. The average molecular weight is 473 g/mol. The van der Waals surface area contributed by atoms with Crippen molar-refractivity contribution in [2.75, 3.05) is 13.7 Å². The zero-order valence-corrected chi connectivity index (χ0v) is 18.4. The van der Waals surface area contributed by atoms with Gasteiger partial charge in [-0.2, -0.15) is 5.10 Å². The molecule has 0 radical (unpaired) electrons. The van der Waals surface area contributed by atoms with Crippen molar-refractivity contribution in [1.29, 1.82) is 0 Å². The third-order valence-electron chi connectivity index (χ3n) is 4.05. The van der Waals surface area contributed by atoms with E-state index in [1.54, 1.807) is 54.6 Å². The average Bonchev–Trinajstić information content (AvgIpc) is 2.78. The van der Waals surface area contributed by atoms with Gasteiger partial charge in [-0.05, 0) is 48.0 Å². The molecule has 7 nitrogen and oxygen atoms in total. The minimum atomic E-state index is -0.623. The number of nitrogens with one attached hydrogen (secondary N) is 1. The molecule has 0 saturated carbocycles. The summed E-state index contributed by atoms with van der Waals surface area (Å²) in [5.41, 5.74) is 3.16. The Morgan fingerprint density at radius 3 is 2.53 bits per heavy atom. The molecule has 0 aliphatic carbocycles. The number of amides is 1. The van der Waals surface area contributed by atoms with Gasteiger partial charge in [-0.3, -0.25) is 4.79 Å². The number of benzene rings is 3. The van der Waals surface area contributed by atoms with Crippen molar-refractivity contribution in [1.82, 2.24) is 5.43 Å². The van der Waals surface area contributed by atoms with E-state index >= 15 is 0 Å². The lowest BCUT2D eigenvalue weighted by Gasteiger charge is -2.09. The van der Waals surface area contributed by atoms with Crippen LogP contribution in [0.5, 0.6) is 17.2 Å². The number of methoxy groups -OCH3 is 1. The number of carbonyl (C=O) groups excluding carboxylic acids is 2.